The fraction of sp³-hybridized carbons (Fsp3) is 0.429. The Balaban J connectivity index is 1.58. The average molecular weight is 520 g/mol. The zero-order chi connectivity index (χ0) is 19.8. The molecule has 28 heavy (non-hydrogen) atoms. The van der Waals surface area contributed by atoms with E-state index in [0.29, 0.717) is 13.1 Å². The molecule has 2 aliphatic rings. The van der Waals surface area contributed by atoms with Gasteiger partial charge in [0.1, 0.15) is 0 Å². The Morgan fingerprint density at radius 2 is 1.50 bits per heavy atom. The van der Waals surface area contributed by atoms with E-state index >= 15 is 0 Å². The van der Waals surface area contributed by atoms with Gasteiger partial charge in [-0.1, -0.05) is 42.8 Å². The Bertz CT molecular complexity index is 866. The first-order valence-electron chi connectivity index (χ1n) is 9.48. The first kappa shape index (κ1) is 20.2. The molecule has 4 rings (SSSR count). The van der Waals surface area contributed by atoms with E-state index in [1.165, 1.54) is 0 Å². The smallest absolute Gasteiger partial charge is 0.189 e. The maximum Gasteiger partial charge on any atom is 0.374 e. The molecule has 151 valence electrons. The van der Waals surface area contributed by atoms with Gasteiger partial charge in [0.15, 0.2) is 7.14 Å². The summed E-state index contributed by atoms with van der Waals surface area (Å²) < 4.78 is 61.8. The minimum atomic E-state index is -5.02. The highest BCUT2D eigenvalue weighted by Gasteiger charge is 2.55. The van der Waals surface area contributed by atoms with Crippen LogP contribution in [0.5, 0.6) is 0 Å². The van der Waals surface area contributed by atoms with Crippen LogP contribution in [0.3, 0.4) is 0 Å². The minimum Gasteiger partial charge on any atom is -0.189 e. The van der Waals surface area contributed by atoms with E-state index in [-0.39, 0.29) is 11.8 Å². The fourth-order valence-electron chi connectivity index (χ4n) is 4.42. The minimum absolute atomic E-state index is 0.220. The molecule has 0 amide bonds. The lowest BCUT2D eigenvalue weighted by Crippen LogP contribution is -3.85. The van der Waals surface area contributed by atoms with E-state index in [1.807, 2.05) is 0 Å². The highest BCUT2D eigenvalue weighted by atomic mass is 127. The largest absolute Gasteiger partial charge is 0.374 e. The molecule has 0 spiro atoms. The van der Waals surface area contributed by atoms with Gasteiger partial charge in [0.25, 0.3) is 0 Å². The predicted molar refractivity (Wildman–Crippen MR) is 98.8 cm³/mol. The van der Waals surface area contributed by atoms with Crippen LogP contribution in [-0.2, 0) is 12.6 Å². The van der Waals surface area contributed by atoms with Crippen LogP contribution in [0.25, 0.3) is 0 Å². The lowest BCUT2D eigenvalue weighted by Gasteiger charge is -2.25. The number of hydrogen-bond donors (Lipinski definition) is 0. The number of benzene rings is 2. The van der Waals surface area contributed by atoms with Crippen molar-refractivity contribution >= 4 is 10.1 Å². The molecule has 7 heteroatoms. The number of halogens is 3. The Kier molecular flexibility index (Phi) is 5.77. The van der Waals surface area contributed by atoms with E-state index in [2.05, 4.69) is 0 Å². The van der Waals surface area contributed by atoms with E-state index in [0.717, 1.165) is 25.7 Å². The van der Waals surface area contributed by atoms with E-state index in [4.69, 9.17) is 2.51 Å². The summed E-state index contributed by atoms with van der Waals surface area (Å²) in [5.74, 6) is 0.512. The van der Waals surface area contributed by atoms with Gasteiger partial charge in [-0.15, -0.1) is 0 Å². The quantitative estimate of drug-likeness (QED) is 0.526. The summed E-state index contributed by atoms with van der Waals surface area (Å²) in [5, 5.41) is -3.86. The number of rotatable bonds is 7. The Morgan fingerprint density at radius 3 is 1.96 bits per heavy atom. The zero-order valence-corrected chi connectivity index (χ0v) is 18.3. The fourth-order valence-corrected chi connectivity index (χ4v) is 11.6. The van der Waals surface area contributed by atoms with Crippen LogP contribution in [0.1, 0.15) is 32.1 Å². The molecule has 2 bridgehead atoms. The summed E-state index contributed by atoms with van der Waals surface area (Å²) in [6.07, 6.45) is 3.10. The van der Waals surface area contributed by atoms with Crippen molar-refractivity contribution in [2.24, 2.45) is 17.8 Å². The van der Waals surface area contributed by atoms with Gasteiger partial charge < -0.3 is 0 Å². The monoisotopic (exact) mass is 520 g/mol. The maximum absolute atomic E-state index is 14.9. The summed E-state index contributed by atoms with van der Waals surface area (Å²) in [5.41, 5.74) is 0. The van der Waals surface area contributed by atoms with Crippen LogP contribution in [-0.4, -0.2) is 13.7 Å². The van der Waals surface area contributed by atoms with Crippen LogP contribution < -0.4 is 20.2 Å². The zero-order valence-electron chi connectivity index (χ0n) is 15.3. The van der Waals surface area contributed by atoms with Gasteiger partial charge in [0.2, 0.25) is 0 Å². The van der Waals surface area contributed by atoms with Gasteiger partial charge in [0.05, 0.1) is 0 Å². The molecule has 0 heterocycles. The molecule has 3 nitrogen and oxygen atoms in total. The van der Waals surface area contributed by atoms with Crippen LogP contribution >= 0.6 is 0 Å². The van der Waals surface area contributed by atoms with Crippen molar-refractivity contribution in [3.8, 4) is 0 Å². The normalized spacial score (nSPS) is 24.8. The summed E-state index contributed by atoms with van der Waals surface area (Å²) in [6, 6.07) is 17.7. The van der Waals surface area contributed by atoms with Crippen molar-refractivity contribution in [2.45, 2.75) is 37.4 Å². The van der Waals surface area contributed by atoms with Crippen LogP contribution in [0, 0.1) is 24.9 Å². The average Bonchev–Trinajstić information content (AvgIpc) is 3.30. The molecule has 2 aromatic carbocycles. The number of fused-ring (bicyclic) bond motifs is 2. The summed E-state index contributed by atoms with van der Waals surface area (Å²) >= 11 is -3.02. The lowest BCUT2D eigenvalue weighted by atomic mass is 9.86. The lowest BCUT2D eigenvalue weighted by molar-refractivity contribution is -1.03. The second-order valence-corrected chi connectivity index (χ2v) is 14.3. The molecule has 0 aliphatic heterocycles. The van der Waals surface area contributed by atoms with Crippen molar-refractivity contribution in [3.63, 3.8) is 0 Å². The predicted octanol–water partition coefficient (Wildman–Crippen LogP) is 2.03. The van der Waals surface area contributed by atoms with Gasteiger partial charge in [-0.05, 0) is 63.8 Å². The van der Waals surface area contributed by atoms with Crippen molar-refractivity contribution in [3.05, 3.63) is 67.8 Å². The molecule has 0 aromatic heterocycles. The van der Waals surface area contributed by atoms with Gasteiger partial charge in [-0.2, -0.15) is 17.2 Å². The summed E-state index contributed by atoms with van der Waals surface area (Å²) in [6.45, 7) is 0. The van der Waals surface area contributed by atoms with Crippen molar-refractivity contribution in [1.29, 1.82) is 0 Å². The first-order chi connectivity index (χ1) is 13.4. The maximum atomic E-state index is 14.9. The third-order valence-electron chi connectivity index (χ3n) is 5.76. The Morgan fingerprint density at radius 1 is 0.929 bits per heavy atom. The molecule has 0 N–H and O–H groups in total. The van der Waals surface area contributed by atoms with Gasteiger partial charge >= 0.3 is 35.6 Å². The summed E-state index contributed by atoms with van der Waals surface area (Å²) in [4.78, 5) is 0. The second-order valence-electron chi connectivity index (χ2n) is 7.63. The highest BCUT2D eigenvalue weighted by Crippen LogP contribution is 2.52. The Hall–Kier alpha value is -1.06. The van der Waals surface area contributed by atoms with Gasteiger partial charge in [-0.25, -0.2) is 0 Å². The third-order valence-corrected chi connectivity index (χ3v) is 13.1. The van der Waals surface area contributed by atoms with Crippen molar-refractivity contribution in [2.75, 3.05) is 0 Å². The van der Waals surface area contributed by atoms with Crippen LogP contribution in [0.2, 0.25) is 0 Å². The van der Waals surface area contributed by atoms with Crippen molar-refractivity contribution in [1.82, 2.24) is 0 Å². The highest BCUT2D eigenvalue weighted by molar-refractivity contribution is 7.87. The molecule has 3 unspecified atom stereocenters. The molecular weight excluding hydrogens is 497 g/mol. The van der Waals surface area contributed by atoms with Crippen molar-refractivity contribution < 1.29 is 39.9 Å². The third kappa shape index (κ3) is 4.11. The van der Waals surface area contributed by atoms with E-state index in [1.54, 1.807) is 60.7 Å². The standard InChI is InChI=1S/C21H23F2IO3S/c22-21(23,15-18-14-16-11-12-17(18)13-16)28(25,26)27-24(19-7-3-1-4-8-19)20-9-5-2-6-10-20/h1-10,16-18H,11-15H2/q+1. The van der Waals surface area contributed by atoms with Gasteiger partial charge in [-0.3, -0.25) is 0 Å². The number of alkyl halides is 2. The molecule has 2 aliphatic carbocycles. The molecular formula is C21H23F2IO3S+. The molecule has 3 atom stereocenters. The van der Waals surface area contributed by atoms with Crippen LogP contribution in [0.4, 0.5) is 8.78 Å². The summed E-state index contributed by atoms with van der Waals surface area (Å²) in [7, 11) is -5.02. The van der Waals surface area contributed by atoms with E-state index in [9.17, 15) is 17.2 Å². The number of hydrogen-bond acceptors (Lipinski definition) is 3. The van der Waals surface area contributed by atoms with Crippen LogP contribution in [0.15, 0.2) is 60.7 Å². The molecule has 2 aromatic rings. The molecule has 2 saturated carbocycles. The van der Waals surface area contributed by atoms with Gasteiger partial charge in [0, 0.05) is 6.42 Å². The topological polar surface area (TPSA) is 43.4 Å². The SMILES string of the molecule is O=S(=O)(O[I+](c1ccccc1)c1ccccc1)C(F)(F)CC1CC2CCC1C2. The first-order valence-corrected chi connectivity index (χ1v) is 13.9. The van der Waals surface area contributed by atoms with E-state index < -0.39 is 42.0 Å². The second kappa shape index (κ2) is 7.99. The Labute approximate surface area is 172 Å². The molecule has 0 saturated heterocycles. The molecule has 1 radical (unpaired) electrons. The molecule has 2 fully saturated rings.